The minimum Gasteiger partial charge on any atom is -0.478 e. The lowest BCUT2D eigenvalue weighted by molar-refractivity contribution is -0.274. The van der Waals surface area contributed by atoms with Gasteiger partial charge in [-0.15, -0.1) is 13.2 Å². The van der Waals surface area contributed by atoms with Crippen LogP contribution in [-0.2, 0) is 16.8 Å². The Bertz CT molecular complexity index is 1520. The number of carboxylic acid groups (broad SMARTS) is 1. The van der Waals surface area contributed by atoms with Crippen molar-refractivity contribution in [2.75, 3.05) is 11.4 Å². The van der Waals surface area contributed by atoms with E-state index in [4.69, 9.17) is 9.26 Å². The number of piperidine rings is 1. The van der Waals surface area contributed by atoms with Gasteiger partial charge in [-0.25, -0.2) is 9.78 Å². The van der Waals surface area contributed by atoms with E-state index in [-0.39, 0.29) is 34.6 Å². The molecule has 1 aliphatic heterocycles. The molecule has 5 aliphatic rings. The van der Waals surface area contributed by atoms with E-state index in [0.29, 0.717) is 28.9 Å². The lowest BCUT2D eigenvalue weighted by atomic mass is 9.85. The van der Waals surface area contributed by atoms with Gasteiger partial charge in [0.1, 0.15) is 11.3 Å². The maximum absolute atomic E-state index is 13.0. The third kappa shape index (κ3) is 4.40. The quantitative estimate of drug-likeness (QED) is 0.307. The molecule has 0 radical (unpaired) electrons. The van der Waals surface area contributed by atoms with Crippen LogP contribution in [0.25, 0.3) is 10.2 Å². The van der Waals surface area contributed by atoms with Crippen molar-refractivity contribution in [2.24, 2.45) is 11.8 Å². The SMILES string of the molecule is O=C(O)c1cc(OC(F)(F)F)c2nc(N3C[C@@H]4C[C@H]3C[C@H]4OCc3c(C4CCCCC4)noc3C34CC3C4)sc2c1. The average molecular weight is 590 g/mol. The number of rotatable bonds is 8. The van der Waals surface area contributed by atoms with Gasteiger partial charge in [0.25, 0.3) is 0 Å². The van der Waals surface area contributed by atoms with Gasteiger partial charge in [0, 0.05) is 35.4 Å². The molecule has 8 nitrogen and oxygen atoms in total. The van der Waals surface area contributed by atoms with Crippen LogP contribution in [0.1, 0.15) is 91.1 Å². The summed E-state index contributed by atoms with van der Waals surface area (Å²) in [5, 5.41) is 14.6. The maximum Gasteiger partial charge on any atom is 0.573 e. The highest BCUT2D eigenvalue weighted by molar-refractivity contribution is 7.22. The van der Waals surface area contributed by atoms with E-state index >= 15 is 0 Å². The Morgan fingerprint density at radius 3 is 2.63 bits per heavy atom. The number of halogens is 3. The van der Waals surface area contributed by atoms with Crippen LogP contribution in [0.2, 0.25) is 0 Å². The normalized spacial score (nSPS) is 30.7. The first-order chi connectivity index (χ1) is 19.7. The van der Waals surface area contributed by atoms with Gasteiger partial charge < -0.3 is 24.0 Å². The van der Waals surface area contributed by atoms with Crippen LogP contribution in [0.3, 0.4) is 0 Å². The van der Waals surface area contributed by atoms with Crippen molar-refractivity contribution in [1.82, 2.24) is 10.1 Å². The summed E-state index contributed by atoms with van der Waals surface area (Å²) in [6, 6.07) is 2.39. The maximum atomic E-state index is 13.0. The van der Waals surface area contributed by atoms with Gasteiger partial charge in [0.15, 0.2) is 10.9 Å². The fourth-order valence-corrected chi connectivity index (χ4v) is 8.70. The number of alkyl halides is 3. The molecule has 0 unspecified atom stereocenters. The number of aromatic nitrogens is 2. The molecule has 3 atom stereocenters. The first-order valence-corrected chi connectivity index (χ1v) is 15.3. The van der Waals surface area contributed by atoms with Crippen molar-refractivity contribution in [3.05, 3.63) is 34.7 Å². The van der Waals surface area contributed by atoms with Crippen LogP contribution in [-0.4, -0.2) is 46.3 Å². The van der Waals surface area contributed by atoms with Gasteiger partial charge in [-0.2, -0.15) is 0 Å². The molecule has 2 aromatic heterocycles. The number of aromatic carboxylic acids is 1. The highest BCUT2D eigenvalue weighted by Gasteiger charge is 2.73. The van der Waals surface area contributed by atoms with Crippen LogP contribution >= 0.6 is 11.3 Å². The second-order valence-electron chi connectivity index (χ2n) is 12.5. The third-order valence-electron chi connectivity index (χ3n) is 10.0. The molecule has 12 heteroatoms. The molecule has 3 aromatic rings. The van der Waals surface area contributed by atoms with E-state index in [1.54, 1.807) is 0 Å². The van der Waals surface area contributed by atoms with Crippen LogP contribution in [0.4, 0.5) is 18.3 Å². The number of hydrogen-bond donors (Lipinski definition) is 1. The van der Waals surface area contributed by atoms with Crippen LogP contribution in [0.5, 0.6) is 5.75 Å². The van der Waals surface area contributed by atoms with Gasteiger partial charge in [-0.05, 0) is 56.6 Å². The zero-order chi connectivity index (χ0) is 28.1. The molecule has 5 fully saturated rings. The van der Waals surface area contributed by atoms with E-state index in [0.717, 1.165) is 49.1 Å². The van der Waals surface area contributed by atoms with Gasteiger partial charge in [0.2, 0.25) is 0 Å². The summed E-state index contributed by atoms with van der Waals surface area (Å²) in [5.41, 5.74) is 2.28. The van der Waals surface area contributed by atoms with Crippen molar-refractivity contribution in [3.63, 3.8) is 0 Å². The van der Waals surface area contributed by atoms with E-state index in [1.165, 1.54) is 55.1 Å². The van der Waals surface area contributed by atoms with Crippen molar-refractivity contribution >= 4 is 32.7 Å². The van der Waals surface area contributed by atoms with Crippen LogP contribution < -0.4 is 9.64 Å². The number of anilines is 1. The molecule has 218 valence electrons. The first kappa shape index (κ1) is 25.8. The Morgan fingerprint density at radius 2 is 1.98 bits per heavy atom. The summed E-state index contributed by atoms with van der Waals surface area (Å²) >= 11 is 1.20. The Hall–Kier alpha value is -2.86. The zero-order valence-corrected chi connectivity index (χ0v) is 23.1. The fraction of sp³-hybridized carbons (Fsp3) is 0.621. The lowest BCUT2D eigenvalue weighted by Gasteiger charge is -2.31. The largest absolute Gasteiger partial charge is 0.573 e. The fourth-order valence-electron chi connectivity index (χ4n) is 7.59. The number of hydrogen-bond acceptors (Lipinski definition) is 8. The molecule has 4 saturated carbocycles. The van der Waals surface area contributed by atoms with Crippen LogP contribution in [0, 0.1) is 11.8 Å². The molecule has 1 aromatic carbocycles. The minimum absolute atomic E-state index is 0.0240. The van der Waals surface area contributed by atoms with E-state index in [9.17, 15) is 23.1 Å². The third-order valence-corrected chi connectivity index (χ3v) is 11.1. The number of ether oxygens (including phenoxy) is 2. The van der Waals surface area contributed by atoms with E-state index in [2.05, 4.69) is 19.8 Å². The second-order valence-corrected chi connectivity index (χ2v) is 13.5. The molecule has 1 N–H and O–H groups in total. The van der Waals surface area contributed by atoms with Crippen molar-refractivity contribution in [2.45, 2.75) is 94.2 Å². The smallest absolute Gasteiger partial charge is 0.478 e. The minimum atomic E-state index is -4.95. The summed E-state index contributed by atoms with van der Waals surface area (Å²) in [4.78, 5) is 18.1. The number of nitrogens with zero attached hydrogens (tertiary/aromatic N) is 3. The molecular weight excluding hydrogens is 559 g/mol. The van der Waals surface area contributed by atoms with Crippen LogP contribution in [0.15, 0.2) is 16.7 Å². The molecule has 0 spiro atoms. The van der Waals surface area contributed by atoms with Gasteiger partial charge >= 0.3 is 12.3 Å². The molecule has 41 heavy (non-hydrogen) atoms. The first-order valence-electron chi connectivity index (χ1n) is 14.5. The lowest BCUT2D eigenvalue weighted by Crippen LogP contribution is -2.38. The van der Waals surface area contributed by atoms with E-state index in [1.807, 2.05) is 0 Å². The Labute approximate surface area is 237 Å². The number of fused-ring (bicyclic) bond motifs is 4. The summed E-state index contributed by atoms with van der Waals surface area (Å²) in [7, 11) is 0. The Balaban J connectivity index is 0.992. The summed E-state index contributed by atoms with van der Waals surface area (Å²) in [5.74, 6) is 0.644. The molecule has 8 rings (SSSR count). The molecule has 1 saturated heterocycles. The molecule has 3 heterocycles. The standard InChI is InChI=1S/C29H30F3N3O5S/c30-29(31,32)39-21-7-15(26(36)37)8-22-24(21)33-27(41-22)35-12-16-6-18(35)9-20(16)38-13-19-23(14-4-2-1-3-5-14)34-40-25(19)28-10-17(28)11-28/h7-8,14,16-18,20H,1-6,9-13H2,(H,36,37)/t16-,17?,18-,20+,28?/m0/s1. The predicted octanol–water partition coefficient (Wildman–Crippen LogP) is 6.77. The number of benzene rings is 1. The van der Waals surface area contributed by atoms with Gasteiger partial charge in [-0.3, -0.25) is 0 Å². The predicted molar refractivity (Wildman–Crippen MR) is 142 cm³/mol. The number of thiazole rings is 1. The average Bonchev–Trinajstić information content (AvgIpc) is 3.42. The van der Waals surface area contributed by atoms with Crippen molar-refractivity contribution in [3.8, 4) is 5.75 Å². The van der Waals surface area contributed by atoms with Gasteiger partial charge in [-0.1, -0.05) is 35.8 Å². The zero-order valence-electron chi connectivity index (χ0n) is 22.3. The number of carboxylic acids is 1. The number of carbonyl (C=O) groups is 1. The van der Waals surface area contributed by atoms with Gasteiger partial charge in [0.05, 0.1) is 28.7 Å². The van der Waals surface area contributed by atoms with E-state index < -0.39 is 18.1 Å². The second kappa shape index (κ2) is 9.07. The highest BCUT2D eigenvalue weighted by Crippen LogP contribution is 2.76. The molecular formula is C29H30F3N3O5S. The Kier molecular flexibility index (Phi) is 5.71. The Morgan fingerprint density at radius 1 is 1.20 bits per heavy atom. The summed E-state index contributed by atoms with van der Waals surface area (Å²) in [6.07, 6.45) is 5.33. The molecule has 2 bridgehead atoms. The van der Waals surface area contributed by atoms with Crippen molar-refractivity contribution < 1.29 is 37.1 Å². The van der Waals surface area contributed by atoms with Crippen molar-refractivity contribution in [1.29, 1.82) is 0 Å². The monoisotopic (exact) mass is 589 g/mol. The molecule has 0 amide bonds. The topological polar surface area (TPSA) is 97.9 Å². The highest BCUT2D eigenvalue weighted by atomic mass is 32.1. The summed E-state index contributed by atoms with van der Waals surface area (Å²) in [6.45, 7) is 1.21. The molecule has 4 aliphatic carbocycles. The summed E-state index contributed by atoms with van der Waals surface area (Å²) < 4.78 is 56.2.